The normalized spacial score (nSPS) is 20.8. The minimum atomic E-state index is 0. The lowest BCUT2D eigenvalue weighted by Gasteiger charge is -2.27. The molecule has 0 aromatic carbocycles. The summed E-state index contributed by atoms with van der Waals surface area (Å²) < 4.78 is 4.82. The van der Waals surface area contributed by atoms with Crippen LogP contribution >= 0.6 is 12.4 Å². The van der Waals surface area contributed by atoms with E-state index in [9.17, 15) is 0 Å². The second-order valence-corrected chi connectivity index (χ2v) is 4.40. The van der Waals surface area contributed by atoms with Crippen LogP contribution in [0, 0.1) is 5.92 Å². The van der Waals surface area contributed by atoms with Crippen molar-refractivity contribution >= 4 is 12.4 Å². The highest BCUT2D eigenvalue weighted by Crippen LogP contribution is 2.12. The predicted octanol–water partition coefficient (Wildman–Crippen LogP) is 1.53. The van der Waals surface area contributed by atoms with Gasteiger partial charge in [-0.25, -0.2) is 0 Å². The first-order chi connectivity index (χ1) is 7.34. The maximum absolute atomic E-state index is 4.82. The van der Waals surface area contributed by atoms with E-state index in [0.717, 1.165) is 31.2 Å². The van der Waals surface area contributed by atoms with Crippen molar-refractivity contribution in [2.75, 3.05) is 26.7 Å². The molecular weight excluding hydrogens is 226 g/mol. The second-order valence-electron chi connectivity index (χ2n) is 4.40. The van der Waals surface area contributed by atoms with Gasteiger partial charge in [-0.05, 0) is 38.9 Å². The van der Waals surface area contributed by atoms with Gasteiger partial charge in [0.1, 0.15) is 6.26 Å². The van der Waals surface area contributed by atoms with Gasteiger partial charge < -0.3 is 14.7 Å². The summed E-state index contributed by atoms with van der Waals surface area (Å²) in [5, 5.41) is 7.36. The molecule has 0 saturated carbocycles. The smallest absolute Gasteiger partial charge is 0.124 e. The Kier molecular flexibility index (Phi) is 5.80. The quantitative estimate of drug-likeness (QED) is 0.874. The summed E-state index contributed by atoms with van der Waals surface area (Å²) in [4.78, 5) is 2.32. The van der Waals surface area contributed by atoms with Crippen LogP contribution in [-0.4, -0.2) is 36.7 Å². The van der Waals surface area contributed by atoms with Crippen molar-refractivity contribution in [1.29, 1.82) is 0 Å². The van der Waals surface area contributed by atoms with Gasteiger partial charge in [0.05, 0.1) is 5.69 Å². The van der Waals surface area contributed by atoms with Crippen molar-refractivity contribution < 1.29 is 4.52 Å². The summed E-state index contributed by atoms with van der Waals surface area (Å²) in [7, 11) is 2.14. The minimum absolute atomic E-state index is 0. The molecule has 1 N–H and O–H groups in total. The van der Waals surface area contributed by atoms with Gasteiger partial charge >= 0.3 is 0 Å². The molecule has 2 rings (SSSR count). The van der Waals surface area contributed by atoms with Crippen LogP contribution in [0.3, 0.4) is 0 Å². The third-order valence-corrected chi connectivity index (χ3v) is 2.89. The number of hydrogen-bond donors (Lipinski definition) is 1. The van der Waals surface area contributed by atoms with Crippen LogP contribution in [0.4, 0.5) is 0 Å². The monoisotopic (exact) mass is 245 g/mol. The van der Waals surface area contributed by atoms with Gasteiger partial charge in [-0.1, -0.05) is 5.16 Å². The number of halogens is 1. The van der Waals surface area contributed by atoms with Gasteiger partial charge in [0.25, 0.3) is 0 Å². The summed E-state index contributed by atoms with van der Waals surface area (Å²) in [6.45, 7) is 4.36. The van der Waals surface area contributed by atoms with Crippen molar-refractivity contribution in [3.63, 3.8) is 0 Å². The Morgan fingerprint density at radius 3 is 3.12 bits per heavy atom. The molecule has 0 aliphatic carbocycles. The molecule has 1 aliphatic heterocycles. The summed E-state index contributed by atoms with van der Waals surface area (Å²) in [5.41, 5.74) is 1.02. The van der Waals surface area contributed by atoms with Crippen molar-refractivity contribution in [3.8, 4) is 0 Å². The van der Waals surface area contributed by atoms with E-state index in [0.29, 0.717) is 0 Å². The molecule has 1 unspecified atom stereocenters. The highest BCUT2D eigenvalue weighted by atomic mass is 35.5. The van der Waals surface area contributed by atoms with E-state index in [2.05, 4.69) is 22.4 Å². The van der Waals surface area contributed by atoms with E-state index in [1.165, 1.54) is 19.4 Å². The second kappa shape index (κ2) is 6.89. The fraction of sp³-hybridized carbons (Fsp3) is 0.727. The number of hydrogen-bond acceptors (Lipinski definition) is 4. The zero-order valence-corrected chi connectivity index (χ0v) is 10.5. The fourth-order valence-corrected chi connectivity index (χ4v) is 2.18. The molecular formula is C11H20ClN3O. The van der Waals surface area contributed by atoms with Gasteiger partial charge in [0.15, 0.2) is 0 Å². The molecule has 2 heterocycles. The molecule has 1 atom stereocenters. The average molecular weight is 246 g/mol. The molecule has 5 heteroatoms. The maximum Gasteiger partial charge on any atom is 0.124 e. The fourth-order valence-electron chi connectivity index (χ4n) is 2.18. The Bertz CT molecular complexity index is 273. The van der Waals surface area contributed by atoms with E-state index >= 15 is 0 Å². The van der Waals surface area contributed by atoms with Crippen LogP contribution in [0.25, 0.3) is 0 Å². The molecule has 1 aromatic heterocycles. The lowest BCUT2D eigenvalue weighted by atomic mass is 9.99. The molecule has 1 fully saturated rings. The molecule has 0 amide bonds. The topological polar surface area (TPSA) is 41.3 Å². The van der Waals surface area contributed by atoms with Gasteiger partial charge in [-0.3, -0.25) is 0 Å². The first kappa shape index (κ1) is 13.5. The molecule has 0 radical (unpaired) electrons. The van der Waals surface area contributed by atoms with E-state index in [1.807, 2.05) is 6.07 Å². The van der Waals surface area contributed by atoms with Gasteiger partial charge in [0, 0.05) is 19.2 Å². The molecule has 0 bridgehead atoms. The maximum atomic E-state index is 4.82. The van der Waals surface area contributed by atoms with Crippen LogP contribution in [0.1, 0.15) is 18.5 Å². The molecule has 4 nitrogen and oxygen atoms in total. The lowest BCUT2D eigenvalue weighted by molar-refractivity contribution is 0.232. The molecule has 92 valence electrons. The van der Waals surface area contributed by atoms with Crippen LogP contribution in [0.2, 0.25) is 0 Å². The largest absolute Gasteiger partial charge is 0.364 e. The zero-order valence-electron chi connectivity index (χ0n) is 9.69. The summed E-state index contributed by atoms with van der Waals surface area (Å²) in [6.07, 6.45) is 4.28. The Morgan fingerprint density at radius 1 is 1.62 bits per heavy atom. The predicted molar refractivity (Wildman–Crippen MR) is 65.7 cm³/mol. The van der Waals surface area contributed by atoms with E-state index in [1.54, 1.807) is 6.26 Å². The van der Waals surface area contributed by atoms with Crippen molar-refractivity contribution in [2.45, 2.75) is 19.4 Å². The molecule has 16 heavy (non-hydrogen) atoms. The Hall–Kier alpha value is -0.580. The van der Waals surface area contributed by atoms with E-state index < -0.39 is 0 Å². The van der Waals surface area contributed by atoms with Gasteiger partial charge in [-0.15, -0.1) is 12.4 Å². The molecule has 1 aromatic rings. The highest BCUT2D eigenvalue weighted by Gasteiger charge is 2.15. The van der Waals surface area contributed by atoms with E-state index in [-0.39, 0.29) is 12.4 Å². The van der Waals surface area contributed by atoms with Gasteiger partial charge in [-0.2, -0.15) is 0 Å². The summed E-state index contributed by atoms with van der Waals surface area (Å²) in [6, 6.07) is 1.93. The average Bonchev–Trinajstić information content (AvgIpc) is 2.71. The standard InChI is InChI=1S/C11H19N3O.ClH/c1-14(9-11-4-6-15-13-11)8-10-3-2-5-12-7-10;/h4,6,10,12H,2-3,5,7-9H2,1H3;1H. The summed E-state index contributed by atoms with van der Waals surface area (Å²) in [5.74, 6) is 0.788. The van der Waals surface area contributed by atoms with Gasteiger partial charge in [0.2, 0.25) is 0 Å². The molecule has 0 spiro atoms. The number of piperidine rings is 1. The Morgan fingerprint density at radius 2 is 2.50 bits per heavy atom. The van der Waals surface area contributed by atoms with Crippen LogP contribution < -0.4 is 5.32 Å². The number of aromatic nitrogens is 1. The van der Waals surface area contributed by atoms with Crippen LogP contribution in [0.5, 0.6) is 0 Å². The number of rotatable bonds is 4. The van der Waals surface area contributed by atoms with Crippen molar-refractivity contribution in [3.05, 3.63) is 18.0 Å². The molecule has 1 saturated heterocycles. The Balaban J connectivity index is 0.00000128. The Labute approximate surface area is 103 Å². The number of nitrogens with one attached hydrogen (secondary N) is 1. The third-order valence-electron chi connectivity index (χ3n) is 2.89. The number of nitrogens with zero attached hydrogens (tertiary/aromatic N) is 2. The lowest BCUT2D eigenvalue weighted by Crippen LogP contribution is -2.36. The molecule has 1 aliphatic rings. The highest BCUT2D eigenvalue weighted by molar-refractivity contribution is 5.85. The summed E-state index contributed by atoms with van der Waals surface area (Å²) >= 11 is 0. The first-order valence-electron chi connectivity index (χ1n) is 5.63. The van der Waals surface area contributed by atoms with Crippen molar-refractivity contribution in [2.24, 2.45) is 5.92 Å². The van der Waals surface area contributed by atoms with Crippen LogP contribution in [0.15, 0.2) is 16.9 Å². The first-order valence-corrected chi connectivity index (χ1v) is 5.63. The SMILES string of the molecule is CN(Cc1ccon1)CC1CCCNC1.Cl. The minimum Gasteiger partial charge on any atom is -0.364 e. The zero-order chi connectivity index (χ0) is 10.5. The van der Waals surface area contributed by atoms with Crippen molar-refractivity contribution in [1.82, 2.24) is 15.4 Å². The third kappa shape index (κ3) is 4.12. The van der Waals surface area contributed by atoms with E-state index in [4.69, 9.17) is 4.52 Å². The van der Waals surface area contributed by atoms with Crippen LogP contribution in [-0.2, 0) is 6.54 Å².